The molecule has 0 N–H and O–H groups in total. The maximum atomic E-state index is 12.7. The van der Waals surface area contributed by atoms with Crippen LogP contribution >= 0.6 is 11.6 Å². The number of Topliss-reactive ketones (excluding diaryl/α,β-unsaturated/α-hetero) is 1. The van der Waals surface area contributed by atoms with Crippen LogP contribution in [-0.4, -0.2) is 24.6 Å². The molecule has 0 saturated heterocycles. The normalized spacial score (nSPS) is 12.5. The smallest absolute Gasteiger partial charge is 0.213 e. The summed E-state index contributed by atoms with van der Waals surface area (Å²) in [4.78, 5) is 20.5. The Bertz CT molecular complexity index is 646. The highest BCUT2D eigenvalue weighted by atomic mass is 35.5. The summed E-state index contributed by atoms with van der Waals surface area (Å²) in [5, 5.41) is 0.400. The number of ketones is 1. The Morgan fingerprint density at radius 2 is 2.19 bits per heavy atom. The number of ether oxygens (including phenoxy) is 1. The van der Waals surface area contributed by atoms with Crippen LogP contribution in [0.4, 0.5) is 0 Å². The van der Waals surface area contributed by atoms with Crippen molar-refractivity contribution < 1.29 is 9.53 Å². The maximum Gasteiger partial charge on any atom is 0.213 e. The second kappa shape index (κ2) is 7.55. The van der Waals surface area contributed by atoms with Crippen LogP contribution in [0.15, 0.2) is 53.0 Å². The molecule has 0 atom stereocenters. The Morgan fingerprint density at radius 3 is 2.71 bits per heavy atom. The number of hydrogen-bond donors (Lipinski definition) is 0. The molecule has 4 nitrogen and oxygen atoms in total. The molecule has 0 spiro atoms. The molecule has 0 unspecified atom stereocenters. The van der Waals surface area contributed by atoms with Crippen LogP contribution in [0.3, 0.4) is 0 Å². The maximum absolute atomic E-state index is 12.7. The van der Waals surface area contributed by atoms with E-state index in [0.717, 1.165) is 0 Å². The van der Waals surface area contributed by atoms with E-state index in [0.29, 0.717) is 27.4 Å². The van der Waals surface area contributed by atoms with Crippen LogP contribution in [0.2, 0.25) is 5.02 Å². The molecular weight excluding hydrogens is 288 g/mol. The minimum absolute atomic E-state index is 0.224. The summed E-state index contributed by atoms with van der Waals surface area (Å²) < 4.78 is 5.03. The lowest BCUT2D eigenvalue weighted by atomic mass is 9.98. The van der Waals surface area contributed by atoms with Crippen LogP contribution < -0.4 is 0 Å². The van der Waals surface area contributed by atoms with E-state index in [1.807, 2.05) is 0 Å². The van der Waals surface area contributed by atoms with Gasteiger partial charge < -0.3 is 4.74 Å². The quantitative estimate of drug-likeness (QED) is 0.263. The lowest BCUT2D eigenvalue weighted by Crippen LogP contribution is -2.08. The molecule has 5 heteroatoms. The number of aliphatic imine (C=N–C) groups is 1. The zero-order valence-electron chi connectivity index (χ0n) is 12.3. The number of pyridine rings is 1. The van der Waals surface area contributed by atoms with Gasteiger partial charge in [0.2, 0.25) is 5.88 Å². The molecule has 0 aliphatic heterocycles. The van der Waals surface area contributed by atoms with Crippen LogP contribution in [0.5, 0.6) is 0 Å². The predicted octanol–water partition coefficient (Wildman–Crippen LogP) is 3.92. The van der Waals surface area contributed by atoms with E-state index in [1.165, 1.54) is 19.4 Å². The third-order valence-corrected chi connectivity index (χ3v) is 3.11. The number of carbonyl (C=O) groups is 1. The van der Waals surface area contributed by atoms with Gasteiger partial charge in [-0.15, -0.1) is 0 Å². The van der Waals surface area contributed by atoms with Gasteiger partial charge in [-0.1, -0.05) is 24.3 Å². The molecule has 0 saturated carbocycles. The van der Waals surface area contributed by atoms with Crippen molar-refractivity contribution in [1.82, 2.24) is 4.98 Å². The molecule has 1 rings (SSSR count). The summed E-state index contributed by atoms with van der Waals surface area (Å²) in [6.07, 6.45) is 4.61. The summed E-state index contributed by atoms with van der Waals surface area (Å²) in [5.74, 6) is 0.0188. The van der Waals surface area contributed by atoms with Crippen molar-refractivity contribution in [3.63, 3.8) is 0 Å². The number of rotatable bonds is 6. The first-order valence-electron chi connectivity index (χ1n) is 6.17. The molecule has 1 aromatic rings. The minimum atomic E-state index is -0.224. The zero-order valence-corrected chi connectivity index (χ0v) is 13.1. The Labute approximate surface area is 129 Å². The van der Waals surface area contributed by atoms with Crippen molar-refractivity contribution in [1.29, 1.82) is 0 Å². The Hall–Kier alpha value is -2.20. The van der Waals surface area contributed by atoms with Gasteiger partial charge >= 0.3 is 0 Å². The van der Waals surface area contributed by atoms with E-state index in [-0.39, 0.29) is 11.7 Å². The number of nitrogens with zero attached hydrogens (tertiary/aromatic N) is 2. The summed E-state index contributed by atoms with van der Waals surface area (Å²) in [5.41, 5.74) is 2.12. The van der Waals surface area contributed by atoms with Crippen LogP contribution in [0, 0.1) is 6.92 Å². The lowest BCUT2D eigenvalue weighted by molar-refractivity contribution is 0.103. The second-order valence-electron chi connectivity index (χ2n) is 4.26. The van der Waals surface area contributed by atoms with Gasteiger partial charge in [-0.05, 0) is 32.2 Å². The van der Waals surface area contributed by atoms with Gasteiger partial charge in [0.05, 0.1) is 12.1 Å². The fourth-order valence-electron chi connectivity index (χ4n) is 1.64. The number of carbonyl (C=O) groups excluding carboxylic acids is 1. The van der Waals surface area contributed by atoms with Gasteiger partial charge in [-0.25, -0.2) is 4.99 Å². The third kappa shape index (κ3) is 4.13. The summed E-state index contributed by atoms with van der Waals surface area (Å²) in [6.45, 7) is 10.6. The van der Waals surface area contributed by atoms with Gasteiger partial charge in [0.1, 0.15) is 0 Å². The third-order valence-electron chi connectivity index (χ3n) is 2.91. The number of halogens is 1. The standard InChI is InChI=1S/C16H17ClN2O2/c1-6-10(2)13(8-15(18-4)21-5)16(20)14-7-12(17)9-19-11(14)3/h6-9H,1,4H2,2-3,5H3/b13-10-,15-8+. The fraction of sp³-hybridized carbons (Fsp3) is 0.188. The average Bonchev–Trinajstić information content (AvgIpc) is 2.49. The number of aromatic nitrogens is 1. The Balaban J connectivity index is 3.44. The van der Waals surface area contributed by atoms with Crippen molar-refractivity contribution in [3.8, 4) is 0 Å². The molecule has 110 valence electrons. The number of methoxy groups -OCH3 is 1. The predicted molar refractivity (Wildman–Crippen MR) is 85.9 cm³/mol. The molecule has 0 aliphatic rings. The van der Waals surface area contributed by atoms with E-state index in [4.69, 9.17) is 16.3 Å². The molecular formula is C16H17ClN2O2. The second-order valence-corrected chi connectivity index (χ2v) is 4.70. The SMILES string of the molecule is C=C/C(C)=C(/C=C(\N=C)OC)C(=O)c1cc(Cl)cnc1C. The topological polar surface area (TPSA) is 51.5 Å². The monoisotopic (exact) mass is 304 g/mol. The molecule has 0 radical (unpaired) electrons. The first kappa shape index (κ1) is 16.9. The van der Waals surface area contributed by atoms with Crippen molar-refractivity contribution in [2.45, 2.75) is 13.8 Å². The van der Waals surface area contributed by atoms with Crippen LogP contribution in [0.25, 0.3) is 0 Å². The van der Waals surface area contributed by atoms with E-state index in [9.17, 15) is 4.79 Å². The molecule has 0 fully saturated rings. The summed E-state index contributed by atoms with van der Waals surface area (Å²) >= 11 is 5.92. The van der Waals surface area contributed by atoms with E-state index < -0.39 is 0 Å². The molecule has 21 heavy (non-hydrogen) atoms. The van der Waals surface area contributed by atoms with Crippen molar-refractivity contribution in [2.75, 3.05) is 7.11 Å². The first-order valence-corrected chi connectivity index (χ1v) is 6.55. The molecule has 1 heterocycles. The Morgan fingerprint density at radius 1 is 1.52 bits per heavy atom. The van der Waals surface area contributed by atoms with Crippen LogP contribution in [0.1, 0.15) is 23.0 Å². The molecule has 0 bridgehead atoms. The Kier molecular flexibility index (Phi) is 6.06. The van der Waals surface area contributed by atoms with Gasteiger partial charge in [-0.2, -0.15) is 0 Å². The van der Waals surface area contributed by atoms with Gasteiger partial charge in [0.15, 0.2) is 5.78 Å². The number of hydrogen-bond acceptors (Lipinski definition) is 4. The summed E-state index contributed by atoms with van der Waals surface area (Å²) in [7, 11) is 1.46. The van der Waals surface area contributed by atoms with Crippen molar-refractivity contribution in [2.24, 2.45) is 4.99 Å². The largest absolute Gasteiger partial charge is 0.481 e. The number of aryl methyl sites for hydroxylation is 1. The van der Waals surface area contributed by atoms with Crippen molar-refractivity contribution >= 4 is 24.1 Å². The summed E-state index contributed by atoms with van der Waals surface area (Å²) in [6, 6.07) is 1.59. The van der Waals surface area contributed by atoms with Gasteiger partial charge in [0, 0.05) is 29.1 Å². The first-order chi connectivity index (χ1) is 9.94. The average molecular weight is 305 g/mol. The fourth-order valence-corrected chi connectivity index (χ4v) is 1.80. The molecule has 1 aromatic heterocycles. The van der Waals surface area contributed by atoms with E-state index >= 15 is 0 Å². The van der Waals surface area contributed by atoms with E-state index in [2.05, 4.69) is 23.3 Å². The highest BCUT2D eigenvalue weighted by Gasteiger charge is 2.17. The zero-order chi connectivity index (χ0) is 16.0. The minimum Gasteiger partial charge on any atom is -0.481 e. The molecule has 0 amide bonds. The lowest BCUT2D eigenvalue weighted by Gasteiger charge is -2.09. The highest BCUT2D eigenvalue weighted by Crippen LogP contribution is 2.21. The number of allylic oxidation sites excluding steroid dienone is 4. The molecule has 0 aromatic carbocycles. The van der Waals surface area contributed by atoms with Gasteiger partial charge in [0.25, 0.3) is 0 Å². The van der Waals surface area contributed by atoms with E-state index in [1.54, 1.807) is 26.0 Å². The van der Waals surface area contributed by atoms with Gasteiger partial charge in [-0.3, -0.25) is 9.78 Å². The van der Waals surface area contributed by atoms with Crippen molar-refractivity contribution in [3.05, 3.63) is 64.3 Å². The molecule has 0 aliphatic carbocycles. The van der Waals surface area contributed by atoms with Crippen LogP contribution in [-0.2, 0) is 4.74 Å². The highest BCUT2D eigenvalue weighted by molar-refractivity contribution is 6.31.